The highest BCUT2D eigenvalue weighted by Gasteiger charge is 2.08. The van der Waals surface area contributed by atoms with E-state index in [9.17, 15) is 0 Å². The van der Waals surface area contributed by atoms with Crippen molar-refractivity contribution in [3.8, 4) is 0 Å². The number of nitrogens with zero attached hydrogens (tertiary/aromatic N) is 1. The van der Waals surface area contributed by atoms with Gasteiger partial charge in [0.25, 0.3) is 0 Å². The van der Waals surface area contributed by atoms with Crippen LogP contribution in [0.5, 0.6) is 0 Å². The van der Waals surface area contributed by atoms with Crippen molar-refractivity contribution in [1.82, 2.24) is 4.98 Å². The Morgan fingerprint density at radius 3 is 2.62 bits per heavy atom. The van der Waals surface area contributed by atoms with Crippen LogP contribution in [0.2, 0.25) is 5.02 Å². The lowest BCUT2D eigenvalue weighted by atomic mass is 10.0. The van der Waals surface area contributed by atoms with E-state index in [1.165, 1.54) is 0 Å². The number of rotatable bonds is 3. The first-order chi connectivity index (χ1) is 7.65. The molecule has 2 rings (SSSR count). The van der Waals surface area contributed by atoms with Gasteiger partial charge in [-0.25, -0.2) is 4.98 Å². The van der Waals surface area contributed by atoms with E-state index in [4.69, 9.17) is 17.3 Å². The van der Waals surface area contributed by atoms with Crippen LogP contribution < -0.4 is 5.73 Å². The summed E-state index contributed by atoms with van der Waals surface area (Å²) in [6.07, 6.45) is 0.770. The molecule has 2 N–H and O–H groups in total. The maximum Gasteiger partial charge on any atom is 0.0897 e. The quantitative estimate of drug-likeness (QED) is 0.910. The molecule has 0 spiro atoms. The Morgan fingerprint density at radius 1 is 1.38 bits per heavy atom. The molecule has 0 aliphatic heterocycles. The molecule has 0 fully saturated rings. The highest BCUT2D eigenvalue weighted by molar-refractivity contribution is 7.09. The van der Waals surface area contributed by atoms with Crippen molar-refractivity contribution >= 4 is 22.9 Å². The molecule has 1 aromatic heterocycles. The number of thiazole rings is 1. The number of aryl methyl sites for hydroxylation is 1. The Balaban J connectivity index is 2.08. The Morgan fingerprint density at radius 2 is 2.06 bits per heavy atom. The number of benzene rings is 1. The van der Waals surface area contributed by atoms with E-state index in [2.05, 4.69) is 10.4 Å². The lowest BCUT2D eigenvalue weighted by molar-refractivity contribution is 0.709. The fourth-order valence-electron chi connectivity index (χ4n) is 1.56. The maximum atomic E-state index is 6.11. The molecule has 0 saturated heterocycles. The van der Waals surface area contributed by atoms with Crippen LogP contribution in [0, 0.1) is 6.92 Å². The second-order valence-electron chi connectivity index (χ2n) is 3.72. The summed E-state index contributed by atoms with van der Waals surface area (Å²) in [6, 6.07) is 7.64. The second kappa shape index (κ2) is 4.95. The maximum absolute atomic E-state index is 6.11. The molecular weight excluding hydrogens is 240 g/mol. The van der Waals surface area contributed by atoms with E-state index in [-0.39, 0.29) is 6.04 Å². The zero-order chi connectivity index (χ0) is 11.5. The van der Waals surface area contributed by atoms with Crippen LogP contribution in [-0.4, -0.2) is 4.98 Å². The summed E-state index contributed by atoms with van der Waals surface area (Å²) in [5.41, 5.74) is 8.26. The zero-order valence-corrected chi connectivity index (χ0v) is 10.6. The standard InChI is InChI=1S/C12H13ClN2S/c1-8-15-11(7-16-8)6-12(14)9-2-4-10(13)5-3-9/h2-5,7,12H,6,14H2,1H3. The van der Waals surface area contributed by atoms with E-state index in [0.717, 1.165) is 27.7 Å². The normalized spacial score (nSPS) is 12.7. The number of aromatic nitrogens is 1. The highest BCUT2D eigenvalue weighted by atomic mass is 35.5. The Bertz CT molecular complexity index is 464. The topological polar surface area (TPSA) is 38.9 Å². The van der Waals surface area contributed by atoms with Crippen molar-refractivity contribution < 1.29 is 0 Å². The molecule has 2 aromatic rings. The van der Waals surface area contributed by atoms with E-state index in [1.807, 2.05) is 31.2 Å². The summed E-state index contributed by atoms with van der Waals surface area (Å²) < 4.78 is 0. The molecule has 1 heterocycles. The van der Waals surface area contributed by atoms with E-state index >= 15 is 0 Å². The first-order valence-electron chi connectivity index (χ1n) is 5.07. The van der Waals surface area contributed by atoms with Crippen LogP contribution >= 0.6 is 22.9 Å². The third-order valence-corrected chi connectivity index (χ3v) is 3.47. The van der Waals surface area contributed by atoms with Crippen LogP contribution in [0.3, 0.4) is 0 Å². The Kier molecular flexibility index (Phi) is 3.59. The molecule has 4 heteroatoms. The number of hydrogen-bond donors (Lipinski definition) is 1. The fraction of sp³-hybridized carbons (Fsp3) is 0.250. The fourth-order valence-corrected chi connectivity index (χ4v) is 2.31. The summed E-state index contributed by atoms with van der Waals surface area (Å²) in [7, 11) is 0. The molecule has 84 valence electrons. The molecule has 0 amide bonds. The predicted octanol–water partition coefficient (Wildman–Crippen LogP) is 3.35. The van der Waals surface area contributed by atoms with E-state index in [0.29, 0.717) is 0 Å². The summed E-state index contributed by atoms with van der Waals surface area (Å²) in [5, 5.41) is 3.88. The lowest BCUT2D eigenvalue weighted by Crippen LogP contribution is -2.13. The molecular formula is C12H13ClN2S. The van der Waals surface area contributed by atoms with Crippen LogP contribution in [-0.2, 0) is 6.42 Å². The van der Waals surface area contributed by atoms with Crippen molar-refractivity contribution in [1.29, 1.82) is 0 Å². The molecule has 1 unspecified atom stereocenters. The monoisotopic (exact) mass is 252 g/mol. The van der Waals surface area contributed by atoms with Crippen LogP contribution in [0.15, 0.2) is 29.6 Å². The number of halogens is 1. The minimum Gasteiger partial charge on any atom is -0.324 e. The van der Waals surface area contributed by atoms with Gasteiger partial charge in [-0.2, -0.15) is 0 Å². The Hall–Kier alpha value is -0.900. The summed E-state index contributed by atoms with van der Waals surface area (Å²) in [4.78, 5) is 4.41. The molecule has 0 aliphatic carbocycles. The van der Waals surface area contributed by atoms with Gasteiger partial charge in [-0.1, -0.05) is 23.7 Å². The molecule has 0 bridgehead atoms. The van der Waals surface area contributed by atoms with Gasteiger partial charge in [-0.3, -0.25) is 0 Å². The second-order valence-corrected chi connectivity index (χ2v) is 5.22. The summed E-state index contributed by atoms with van der Waals surface area (Å²) in [6.45, 7) is 2.00. The molecule has 1 atom stereocenters. The van der Waals surface area contributed by atoms with Crippen molar-refractivity contribution in [2.75, 3.05) is 0 Å². The zero-order valence-electron chi connectivity index (χ0n) is 8.98. The predicted molar refractivity (Wildman–Crippen MR) is 68.9 cm³/mol. The molecule has 2 nitrogen and oxygen atoms in total. The Labute approximate surface area is 104 Å². The van der Waals surface area contributed by atoms with Crippen LogP contribution in [0.4, 0.5) is 0 Å². The third kappa shape index (κ3) is 2.82. The first-order valence-corrected chi connectivity index (χ1v) is 6.33. The van der Waals surface area contributed by atoms with Crippen molar-refractivity contribution in [2.45, 2.75) is 19.4 Å². The van der Waals surface area contributed by atoms with Crippen molar-refractivity contribution in [3.63, 3.8) is 0 Å². The van der Waals surface area contributed by atoms with Gasteiger partial charge >= 0.3 is 0 Å². The molecule has 16 heavy (non-hydrogen) atoms. The largest absolute Gasteiger partial charge is 0.324 e. The molecule has 0 aliphatic rings. The van der Waals surface area contributed by atoms with Gasteiger partial charge < -0.3 is 5.73 Å². The third-order valence-electron chi connectivity index (χ3n) is 2.39. The average Bonchev–Trinajstić information content (AvgIpc) is 2.65. The van der Waals surface area contributed by atoms with Crippen molar-refractivity contribution in [2.24, 2.45) is 5.73 Å². The number of nitrogens with two attached hydrogens (primary N) is 1. The first kappa shape index (κ1) is 11.6. The van der Waals surface area contributed by atoms with Gasteiger partial charge in [0.1, 0.15) is 0 Å². The minimum atomic E-state index is -0.0150. The summed E-state index contributed by atoms with van der Waals surface area (Å²) in [5.74, 6) is 0. The van der Waals surface area contributed by atoms with Gasteiger partial charge in [0.2, 0.25) is 0 Å². The smallest absolute Gasteiger partial charge is 0.0897 e. The van der Waals surface area contributed by atoms with E-state index < -0.39 is 0 Å². The van der Waals surface area contributed by atoms with Crippen LogP contribution in [0.25, 0.3) is 0 Å². The van der Waals surface area contributed by atoms with Crippen LogP contribution in [0.1, 0.15) is 22.3 Å². The van der Waals surface area contributed by atoms with Gasteiger partial charge in [-0.05, 0) is 24.6 Å². The van der Waals surface area contributed by atoms with E-state index in [1.54, 1.807) is 11.3 Å². The molecule has 0 radical (unpaired) electrons. The van der Waals surface area contributed by atoms with Crippen molar-refractivity contribution in [3.05, 3.63) is 50.9 Å². The molecule has 0 saturated carbocycles. The SMILES string of the molecule is Cc1nc(CC(N)c2ccc(Cl)cc2)cs1. The van der Waals surface area contributed by atoms with Gasteiger partial charge in [-0.15, -0.1) is 11.3 Å². The lowest BCUT2D eigenvalue weighted by Gasteiger charge is -2.10. The minimum absolute atomic E-state index is 0.0150. The average molecular weight is 253 g/mol. The van der Waals surface area contributed by atoms with Gasteiger partial charge in [0.15, 0.2) is 0 Å². The van der Waals surface area contributed by atoms with Gasteiger partial charge in [0.05, 0.1) is 10.7 Å². The summed E-state index contributed by atoms with van der Waals surface area (Å²) >= 11 is 7.48. The highest BCUT2D eigenvalue weighted by Crippen LogP contribution is 2.19. The molecule has 1 aromatic carbocycles. The van der Waals surface area contributed by atoms with Gasteiger partial charge in [0, 0.05) is 22.9 Å². The number of hydrogen-bond acceptors (Lipinski definition) is 3.